The predicted molar refractivity (Wildman–Crippen MR) is 117 cm³/mol. The Kier molecular flexibility index (Phi) is 6.22. The predicted octanol–water partition coefficient (Wildman–Crippen LogP) is 3.65. The van der Waals surface area contributed by atoms with Crippen molar-refractivity contribution in [3.63, 3.8) is 0 Å². The zero-order chi connectivity index (χ0) is 22.8. The Morgan fingerprint density at radius 3 is 2.41 bits per heavy atom. The van der Waals surface area contributed by atoms with Crippen molar-refractivity contribution < 1.29 is 18.3 Å². The number of aromatic nitrogens is 3. The van der Waals surface area contributed by atoms with E-state index in [1.807, 2.05) is 0 Å². The number of aromatic amines is 1. The Bertz CT molecular complexity index is 1140. The lowest BCUT2D eigenvalue weighted by atomic mass is 10.0. The van der Waals surface area contributed by atoms with Gasteiger partial charge in [0, 0.05) is 49.2 Å². The number of H-pyrrole nitrogens is 1. The Morgan fingerprint density at radius 1 is 1.16 bits per heavy atom. The molecule has 1 aromatic carbocycles. The van der Waals surface area contributed by atoms with Gasteiger partial charge in [-0.25, -0.2) is 23.5 Å². The van der Waals surface area contributed by atoms with Gasteiger partial charge in [0.25, 0.3) is 5.88 Å². The number of hydrogen-bond donors (Lipinski definition) is 3. The molecular weight excluding hydrogens is 418 g/mol. The molecule has 0 radical (unpaired) electrons. The van der Waals surface area contributed by atoms with Crippen molar-refractivity contribution in [2.75, 3.05) is 25.5 Å². The van der Waals surface area contributed by atoms with Crippen LogP contribution in [-0.4, -0.2) is 52.1 Å². The zero-order valence-electron chi connectivity index (χ0n) is 18.3. The van der Waals surface area contributed by atoms with Gasteiger partial charge in [-0.3, -0.25) is 10.2 Å². The van der Waals surface area contributed by atoms with Crippen molar-refractivity contribution in [2.45, 2.75) is 39.3 Å². The molecule has 2 amide bonds. The Hall–Kier alpha value is -3.27. The lowest BCUT2D eigenvalue weighted by Gasteiger charge is -2.32. The number of methoxy groups -OCH3 is 1. The van der Waals surface area contributed by atoms with E-state index < -0.39 is 17.7 Å². The summed E-state index contributed by atoms with van der Waals surface area (Å²) >= 11 is 0. The molecule has 3 aromatic rings. The fourth-order valence-electron chi connectivity index (χ4n) is 4.00. The molecule has 3 heterocycles. The topological polar surface area (TPSA) is 95.2 Å². The van der Waals surface area contributed by atoms with Crippen molar-refractivity contribution in [2.24, 2.45) is 0 Å². The number of nitrogens with one attached hydrogen (secondary N) is 3. The standard InChI is InChI=1S/C22H26F2N6O2/c1-12-8-13(2)25-19(12)11-30-6-4-14(5-7-30)26-22(31)29-20-21(32-3)28-18-10-16(24)15(23)9-17(18)27-20/h8-10,14,25H,4-7,11H2,1-3H3,(H2,26,27,29,31). The fraction of sp³-hybridized carbons (Fsp3) is 0.409. The van der Waals surface area contributed by atoms with Gasteiger partial charge in [0.05, 0.1) is 18.1 Å². The molecule has 3 N–H and O–H groups in total. The van der Waals surface area contributed by atoms with Crippen LogP contribution in [0.3, 0.4) is 0 Å². The molecular formula is C22H26F2N6O2. The molecule has 0 spiro atoms. The molecule has 1 fully saturated rings. The quantitative estimate of drug-likeness (QED) is 0.559. The maximum absolute atomic E-state index is 13.5. The smallest absolute Gasteiger partial charge is 0.320 e. The lowest BCUT2D eigenvalue weighted by molar-refractivity contribution is 0.188. The van der Waals surface area contributed by atoms with Crippen molar-refractivity contribution >= 4 is 22.9 Å². The molecule has 8 nitrogen and oxygen atoms in total. The van der Waals surface area contributed by atoms with E-state index in [1.165, 1.54) is 18.4 Å². The van der Waals surface area contributed by atoms with Crippen LogP contribution in [0.25, 0.3) is 11.0 Å². The first kappa shape index (κ1) is 21.9. The highest BCUT2D eigenvalue weighted by atomic mass is 19.2. The molecule has 0 bridgehead atoms. The summed E-state index contributed by atoms with van der Waals surface area (Å²) in [6, 6.07) is 3.58. The molecule has 32 heavy (non-hydrogen) atoms. The Labute approximate surface area is 184 Å². The number of nitrogens with zero attached hydrogens (tertiary/aromatic N) is 3. The highest BCUT2D eigenvalue weighted by Crippen LogP contribution is 2.25. The van der Waals surface area contributed by atoms with Crippen molar-refractivity contribution in [3.05, 3.63) is 46.8 Å². The Balaban J connectivity index is 1.35. The van der Waals surface area contributed by atoms with Crippen molar-refractivity contribution in [3.8, 4) is 5.88 Å². The van der Waals surface area contributed by atoms with E-state index in [-0.39, 0.29) is 28.8 Å². The summed E-state index contributed by atoms with van der Waals surface area (Å²) in [7, 11) is 1.36. The molecule has 0 saturated carbocycles. The number of urea groups is 1. The minimum absolute atomic E-state index is 0.0173. The van der Waals surface area contributed by atoms with Gasteiger partial charge in [-0.05, 0) is 38.3 Å². The second-order valence-corrected chi connectivity index (χ2v) is 8.10. The van der Waals surface area contributed by atoms with Gasteiger partial charge in [-0.2, -0.15) is 0 Å². The maximum atomic E-state index is 13.5. The highest BCUT2D eigenvalue weighted by molar-refractivity contribution is 5.91. The number of ether oxygens (including phenoxy) is 1. The van der Waals surface area contributed by atoms with E-state index in [0.29, 0.717) is 0 Å². The molecule has 170 valence electrons. The van der Waals surface area contributed by atoms with Gasteiger partial charge in [-0.15, -0.1) is 0 Å². The lowest BCUT2D eigenvalue weighted by Crippen LogP contribution is -2.45. The summed E-state index contributed by atoms with van der Waals surface area (Å²) in [6.07, 6.45) is 1.63. The van der Waals surface area contributed by atoms with Crippen LogP contribution in [0.5, 0.6) is 5.88 Å². The summed E-state index contributed by atoms with van der Waals surface area (Å²) in [4.78, 5) is 26.6. The second kappa shape index (κ2) is 9.07. The maximum Gasteiger partial charge on any atom is 0.320 e. The normalized spacial score (nSPS) is 15.2. The van der Waals surface area contributed by atoms with Crippen LogP contribution in [0.4, 0.5) is 19.4 Å². The van der Waals surface area contributed by atoms with Crippen LogP contribution in [0.1, 0.15) is 29.8 Å². The number of fused-ring (bicyclic) bond motifs is 1. The monoisotopic (exact) mass is 444 g/mol. The second-order valence-electron chi connectivity index (χ2n) is 8.10. The van der Waals surface area contributed by atoms with Crippen LogP contribution in [0, 0.1) is 25.5 Å². The Morgan fingerprint density at radius 2 is 1.81 bits per heavy atom. The molecule has 1 aliphatic heterocycles. The van der Waals surface area contributed by atoms with Crippen LogP contribution >= 0.6 is 0 Å². The van der Waals surface area contributed by atoms with E-state index in [2.05, 4.69) is 50.4 Å². The molecule has 1 aliphatic rings. The van der Waals surface area contributed by atoms with Crippen LogP contribution in [0.15, 0.2) is 18.2 Å². The number of carbonyl (C=O) groups is 1. The van der Waals surface area contributed by atoms with E-state index in [0.717, 1.165) is 50.3 Å². The summed E-state index contributed by atoms with van der Waals surface area (Å²) in [5, 5.41) is 5.56. The summed E-state index contributed by atoms with van der Waals surface area (Å²) < 4.78 is 32.2. The fourth-order valence-corrected chi connectivity index (χ4v) is 4.00. The number of carbonyl (C=O) groups excluding carboxylic acids is 1. The van der Waals surface area contributed by atoms with Crippen LogP contribution in [0.2, 0.25) is 0 Å². The first-order chi connectivity index (χ1) is 15.3. The number of aryl methyl sites for hydroxylation is 2. The van der Waals surface area contributed by atoms with Crippen molar-refractivity contribution in [1.82, 2.24) is 25.2 Å². The van der Waals surface area contributed by atoms with Crippen molar-refractivity contribution in [1.29, 1.82) is 0 Å². The van der Waals surface area contributed by atoms with Crippen LogP contribution in [-0.2, 0) is 6.54 Å². The number of benzene rings is 1. The number of piperidine rings is 1. The molecule has 0 atom stereocenters. The SMILES string of the molecule is COc1nc2cc(F)c(F)cc2nc1NC(=O)NC1CCN(Cc2[nH]c(C)cc2C)CC1. The third-order valence-electron chi connectivity index (χ3n) is 5.66. The molecule has 1 saturated heterocycles. The largest absolute Gasteiger partial charge is 0.478 e. The number of halogens is 2. The van der Waals surface area contributed by atoms with E-state index in [4.69, 9.17) is 4.74 Å². The highest BCUT2D eigenvalue weighted by Gasteiger charge is 2.22. The number of rotatable bonds is 5. The summed E-state index contributed by atoms with van der Waals surface area (Å²) in [6.45, 7) is 6.75. The number of likely N-dealkylation sites (tertiary alicyclic amines) is 1. The van der Waals surface area contributed by atoms with Gasteiger partial charge in [-0.1, -0.05) is 0 Å². The number of amides is 2. The zero-order valence-corrected chi connectivity index (χ0v) is 18.3. The first-order valence-electron chi connectivity index (χ1n) is 10.5. The third-order valence-corrected chi connectivity index (χ3v) is 5.66. The van der Waals surface area contributed by atoms with Crippen LogP contribution < -0.4 is 15.4 Å². The molecule has 2 aromatic heterocycles. The molecule has 0 unspecified atom stereocenters. The molecule has 0 aliphatic carbocycles. The van der Waals surface area contributed by atoms with E-state index in [1.54, 1.807) is 0 Å². The molecule has 4 rings (SSSR count). The first-order valence-corrected chi connectivity index (χ1v) is 10.5. The number of anilines is 1. The summed E-state index contributed by atoms with van der Waals surface area (Å²) in [5.41, 5.74) is 3.89. The average Bonchev–Trinajstić information content (AvgIpc) is 3.06. The minimum atomic E-state index is -1.04. The van der Waals surface area contributed by atoms with Gasteiger partial charge >= 0.3 is 6.03 Å². The number of hydrogen-bond acceptors (Lipinski definition) is 5. The third kappa shape index (κ3) is 4.80. The van der Waals surface area contributed by atoms with Gasteiger partial charge in [0.15, 0.2) is 17.5 Å². The molecule has 10 heteroatoms. The average molecular weight is 444 g/mol. The van der Waals surface area contributed by atoms with E-state index >= 15 is 0 Å². The van der Waals surface area contributed by atoms with Gasteiger partial charge in [0.1, 0.15) is 0 Å². The summed E-state index contributed by atoms with van der Waals surface area (Å²) in [5.74, 6) is -2.01. The van der Waals surface area contributed by atoms with Gasteiger partial charge in [0.2, 0.25) is 0 Å². The van der Waals surface area contributed by atoms with E-state index in [9.17, 15) is 13.6 Å². The van der Waals surface area contributed by atoms with Gasteiger partial charge < -0.3 is 15.0 Å². The minimum Gasteiger partial charge on any atom is -0.478 e.